The van der Waals surface area contributed by atoms with Gasteiger partial charge in [-0.3, -0.25) is 9.58 Å². The highest BCUT2D eigenvalue weighted by molar-refractivity contribution is 5.79. The molecule has 2 N–H and O–H groups in total. The van der Waals surface area contributed by atoms with Crippen LogP contribution in [0.4, 0.5) is 0 Å². The lowest BCUT2D eigenvalue weighted by Crippen LogP contribution is -2.45. The fourth-order valence-corrected chi connectivity index (χ4v) is 2.87. The maximum absolute atomic E-state index is 4.63. The van der Waals surface area contributed by atoms with Gasteiger partial charge in [0.2, 0.25) is 0 Å². The second-order valence-electron chi connectivity index (χ2n) is 5.95. The van der Waals surface area contributed by atoms with Crippen LogP contribution in [0, 0.1) is 0 Å². The van der Waals surface area contributed by atoms with Gasteiger partial charge in [0.15, 0.2) is 5.96 Å². The fraction of sp³-hybridized carbons (Fsp3) is 0.750. The van der Waals surface area contributed by atoms with E-state index < -0.39 is 0 Å². The van der Waals surface area contributed by atoms with Crippen molar-refractivity contribution in [1.82, 2.24) is 25.3 Å². The molecule has 0 saturated carbocycles. The molecule has 0 aromatic carbocycles. The van der Waals surface area contributed by atoms with Crippen LogP contribution in [0.15, 0.2) is 17.3 Å². The van der Waals surface area contributed by atoms with E-state index in [-0.39, 0.29) is 0 Å². The van der Waals surface area contributed by atoms with Crippen LogP contribution >= 0.6 is 0 Å². The van der Waals surface area contributed by atoms with Gasteiger partial charge >= 0.3 is 0 Å². The van der Waals surface area contributed by atoms with Crippen LogP contribution in [-0.4, -0.2) is 52.9 Å². The number of likely N-dealkylation sites (tertiary alicyclic amines) is 1. The van der Waals surface area contributed by atoms with Gasteiger partial charge in [-0.2, -0.15) is 5.10 Å². The van der Waals surface area contributed by atoms with Crippen LogP contribution in [0.25, 0.3) is 0 Å². The lowest BCUT2D eigenvalue weighted by Gasteiger charge is -2.33. The molecule has 0 radical (unpaired) electrons. The molecule has 22 heavy (non-hydrogen) atoms. The SMILES string of the molecule is CCNC(=NCc1ccnn1C)NCCN1CCCCC1C. The van der Waals surface area contributed by atoms with E-state index in [2.05, 4.69) is 39.5 Å². The first-order valence-electron chi connectivity index (χ1n) is 8.43. The Bertz CT molecular complexity index is 467. The zero-order valence-corrected chi connectivity index (χ0v) is 14.2. The van der Waals surface area contributed by atoms with Crippen LogP contribution in [0.3, 0.4) is 0 Å². The molecule has 1 aliphatic heterocycles. The van der Waals surface area contributed by atoms with Crippen molar-refractivity contribution in [3.8, 4) is 0 Å². The number of nitrogens with zero attached hydrogens (tertiary/aromatic N) is 4. The van der Waals surface area contributed by atoms with E-state index in [1.165, 1.54) is 25.8 Å². The minimum absolute atomic E-state index is 0.645. The molecule has 0 amide bonds. The van der Waals surface area contributed by atoms with E-state index >= 15 is 0 Å². The second-order valence-corrected chi connectivity index (χ2v) is 5.95. The van der Waals surface area contributed by atoms with E-state index in [0.717, 1.165) is 31.3 Å². The van der Waals surface area contributed by atoms with Gasteiger partial charge < -0.3 is 10.6 Å². The van der Waals surface area contributed by atoms with Gasteiger partial charge in [0.1, 0.15) is 0 Å². The van der Waals surface area contributed by atoms with Crippen LogP contribution in [-0.2, 0) is 13.6 Å². The summed E-state index contributed by atoms with van der Waals surface area (Å²) in [5.41, 5.74) is 1.11. The van der Waals surface area contributed by atoms with E-state index in [0.29, 0.717) is 12.6 Å². The zero-order valence-electron chi connectivity index (χ0n) is 14.2. The van der Waals surface area contributed by atoms with E-state index in [1.807, 2.05) is 24.0 Å². The molecule has 1 aliphatic rings. The summed E-state index contributed by atoms with van der Waals surface area (Å²) in [5, 5.41) is 10.9. The maximum atomic E-state index is 4.63. The summed E-state index contributed by atoms with van der Waals surface area (Å²) >= 11 is 0. The third-order valence-corrected chi connectivity index (χ3v) is 4.30. The van der Waals surface area contributed by atoms with Gasteiger partial charge in [0.05, 0.1) is 12.2 Å². The Morgan fingerprint density at radius 1 is 1.41 bits per heavy atom. The second kappa shape index (κ2) is 8.78. The number of guanidine groups is 1. The van der Waals surface area contributed by atoms with Crippen molar-refractivity contribution < 1.29 is 0 Å². The minimum atomic E-state index is 0.645. The van der Waals surface area contributed by atoms with Crippen molar-refractivity contribution in [3.63, 3.8) is 0 Å². The summed E-state index contributed by atoms with van der Waals surface area (Å²) in [6.45, 7) is 9.18. The Labute approximate surface area is 134 Å². The third-order valence-electron chi connectivity index (χ3n) is 4.30. The largest absolute Gasteiger partial charge is 0.357 e. The van der Waals surface area contributed by atoms with Crippen molar-refractivity contribution in [2.45, 2.75) is 45.7 Å². The number of aryl methyl sites for hydroxylation is 1. The number of rotatable bonds is 6. The molecule has 1 unspecified atom stereocenters. The highest BCUT2D eigenvalue weighted by Gasteiger charge is 2.17. The summed E-state index contributed by atoms with van der Waals surface area (Å²) in [4.78, 5) is 7.20. The molecule has 1 aromatic heterocycles. The van der Waals surface area contributed by atoms with Crippen LogP contribution in [0.1, 0.15) is 38.8 Å². The topological polar surface area (TPSA) is 57.5 Å². The molecular formula is C16H30N6. The Hall–Kier alpha value is -1.56. The monoisotopic (exact) mass is 306 g/mol. The average molecular weight is 306 g/mol. The number of piperidine rings is 1. The third kappa shape index (κ3) is 5.02. The predicted molar refractivity (Wildman–Crippen MR) is 90.9 cm³/mol. The fourth-order valence-electron chi connectivity index (χ4n) is 2.87. The molecule has 1 atom stereocenters. The van der Waals surface area contributed by atoms with Crippen LogP contribution < -0.4 is 10.6 Å². The van der Waals surface area contributed by atoms with E-state index in [1.54, 1.807) is 0 Å². The summed E-state index contributed by atoms with van der Waals surface area (Å²) in [6.07, 6.45) is 5.84. The Balaban J connectivity index is 1.79. The summed E-state index contributed by atoms with van der Waals surface area (Å²) in [7, 11) is 1.95. The van der Waals surface area contributed by atoms with Gasteiger partial charge in [0, 0.05) is 38.9 Å². The lowest BCUT2D eigenvalue weighted by molar-refractivity contribution is 0.163. The molecule has 1 aromatic rings. The summed E-state index contributed by atoms with van der Waals surface area (Å²) in [5.74, 6) is 0.883. The maximum Gasteiger partial charge on any atom is 0.191 e. The molecule has 1 fully saturated rings. The molecular weight excluding hydrogens is 276 g/mol. The van der Waals surface area contributed by atoms with Gasteiger partial charge in [0.25, 0.3) is 0 Å². The Kier molecular flexibility index (Phi) is 6.71. The van der Waals surface area contributed by atoms with E-state index in [4.69, 9.17) is 0 Å². The quantitative estimate of drug-likeness (QED) is 0.615. The zero-order chi connectivity index (χ0) is 15.8. The first kappa shape index (κ1) is 16.8. The molecule has 6 heteroatoms. The average Bonchev–Trinajstić information content (AvgIpc) is 2.92. The molecule has 6 nitrogen and oxygen atoms in total. The highest BCUT2D eigenvalue weighted by atomic mass is 15.3. The van der Waals surface area contributed by atoms with Gasteiger partial charge in [-0.25, -0.2) is 4.99 Å². The van der Waals surface area contributed by atoms with Gasteiger partial charge in [-0.05, 0) is 39.3 Å². The molecule has 2 rings (SSSR count). The number of aliphatic imine (C=N–C) groups is 1. The van der Waals surface area contributed by atoms with Crippen molar-refractivity contribution in [1.29, 1.82) is 0 Å². The van der Waals surface area contributed by atoms with E-state index in [9.17, 15) is 0 Å². The minimum Gasteiger partial charge on any atom is -0.357 e. The standard InChI is InChI=1S/C16H30N6/c1-4-17-16(19-13-15-8-9-20-21(15)3)18-10-12-22-11-6-5-7-14(22)2/h8-9,14H,4-7,10-13H2,1-3H3,(H2,17,18,19). The Morgan fingerprint density at radius 2 is 2.27 bits per heavy atom. The number of nitrogens with one attached hydrogen (secondary N) is 2. The molecule has 2 heterocycles. The Morgan fingerprint density at radius 3 is 2.95 bits per heavy atom. The van der Waals surface area contributed by atoms with Crippen molar-refractivity contribution in [2.24, 2.45) is 12.0 Å². The van der Waals surface area contributed by atoms with Crippen LogP contribution in [0.5, 0.6) is 0 Å². The number of hydrogen-bond acceptors (Lipinski definition) is 3. The van der Waals surface area contributed by atoms with Gasteiger partial charge in [-0.1, -0.05) is 6.42 Å². The normalized spacial score (nSPS) is 20.1. The first-order valence-corrected chi connectivity index (χ1v) is 8.43. The number of hydrogen-bond donors (Lipinski definition) is 2. The van der Waals surface area contributed by atoms with Gasteiger partial charge in [-0.15, -0.1) is 0 Å². The highest BCUT2D eigenvalue weighted by Crippen LogP contribution is 2.15. The smallest absolute Gasteiger partial charge is 0.191 e. The summed E-state index contributed by atoms with van der Waals surface area (Å²) in [6, 6.07) is 2.71. The van der Waals surface area contributed by atoms with Crippen molar-refractivity contribution >= 4 is 5.96 Å². The molecule has 0 aliphatic carbocycles. The first-order chi connectivity index (χ1) is 10.7. The molecule has 0 bridgehead atoms. The predicted octanol–water partition coefficient (Wildman–Crippen LogP) is 1.35. The van der Waals surface area contributed by atoms with Crippen molar-refractivity contribution in [2.75, 3.05) is 26.2 Å². The van der Waals surface area contributed by atoms with Crippen LogP contribution in [0.2, 0.25) is 0 Å². The molecule has 0 spiro atoms. The molecule has 124 valence electrons. The summed E-state index contributed by atoms with van der Waals surface area (Å²) < 4.78 is 1.86. The van der Waals surface area contributed by atoms with Crippen molar-refractivity contribution in [3.05, 3.63) is 18.0 Å². The lowest BCUT2D eigenvalue weighted by atomic mass is 10.0. The number of aromatic nitrogens is 2. The molecule has 1 saturated heterocycles.